The summed E-state index contributed by atoms with van der Waals surface area (Å²) in [5.41, 5.74) is 6.56. The lowest BCUT2D eigenvalue weighted by Crippen LogP contribution is -2.33. The van der Waals surface area contributed by atoms with Gasteiger partial charge in [0.05, 0.1) is 17.9 Å². The van der Waals surface area contributed by atoms with Gasteiger partial charge in [-0.25, -0.2) is 19.1 Å². The number of nitrogens with two attached hydrogens (primary N) is 1. The summed E-state index contributed by atoms with van der Waals surface area (Å²) in [7, 11) is -2.48. The number of ether oxygens (including phenoxy) is 1. The minimum Gasteiger partial charge on any atom is -0.493 e. The molecular weight excluding hydrogens is 497 g/mol. The van der Waals surface area contributed by atoms with Crippen molar-refractivity contribution in [2.75, 3.05) is 30.8 Å². The number of carbonyl (C=O) groups excluding carboxylic acids is 1. The van der Waals surface area contributed by atoms with Crippen LogP contribution in [0.5, 0.6) is 5.75 Å². The molecule has 1 aliphatic carbocycles. The molecule has 9 nitrogen and oxygen atoms in total. The first-order valence-corrected chi connectivity index (χ1v) is 13.5. The molecule has 11 heteroatoms. The molecule has 196 valence electrons. The third kappa shape index (κ3) is 6.73. The Balaban J connectivity index is 1.68. The van der Waals surface area contributed by atoms with E-state index in [1.165, 1.54) is 36.4 Å². The molecule has 1 aliphatic rings. The number of sulfonamides is 1. The molecule has 37 heavy (non-hydrogen) atoms. The smallest absolute Gasteiger partial charge is 0.281 e. The molecular formula is C26H30FN5O4S. The van der Waals surface area contributed by atoms with Crippen molar-refractivity contribution < 1.29 is 22.3 Å². The lowest BCUT2D eigenvalue weighted by molar-refractivity contribution is 0.0981. The molecule has 1 fully saturated rings. The van der Waals surface area contributed by atoms with Crippen molar-refractivity contribution in [1.82, 2.24) is 14.7 Å². The van der Waals surface area contributed by atoms with Crippen LogP contribution < -0.4 is 20.1 Å². The Morgan fingerprint density at radius 1 is 1.19 bits per heavy atom. The van der Waals surface area contributed by atoms with E-state index >= 15 is 0 Å². The Morgan fingerprint density at radius 3 is 2.62 bits per heavy atom. The monoisotopic (exact) mass is 527 g/mol. The van der Waals surface area contributed by atoms with Gasteiger partial charge < -0.3 is 15.4 Å². The van der Waals surface area contributed by atoms with Crippen LogP contribution in [0.4, 0.5) is 16.0 Å². The van der Waals surface area contributed by atoms with Gasteiger partial charge in [0.1, 0.15) is 23.2 Å². The van der Waals surface area contributed by atoms with Gasteiger partial charge in [-0.3, -0.25) is 4.79 Å². The molecule has 0 unspecified atom stereocenters. The highest BCUT2D eigenvalue weighted by Gasteiger charge is 2.28. The number of pyridine rings is 2. The van der Waals surface area contributed by atoms with Crippen LogP contribution in [-0.4, -0.2) is 44.5 Å². The normalized spacial score (nSPS) is 13.4. The average molecular weight is 528 g/mol. The zero-order valence-corrected chi connectivity index (χ0v) is 21.8. The highest BCUT2D eigenvalue weighted by Crippen LogP contribution is 2.33. The molecule has 0 bridgehead atoms. The molecule has 3 N–H and O–H groups in total. The second kappa shape index (κ2) is 10.7. The molecule has 0 radical (unpaired) electrons. The van der Waals surface area contributed by atoms with Gasteiger partial charge in [0.25, 0.3) is 15.9 Å². The number of carbonyl (C=O) groups is 1. The summed E-state index contributed by atoms with van der Waals surface area (Å²) in [6.45, 7) is 5.07. The van der Waals surface area contributed by atoms with Crippen molar-refractivity contribution in [3.05, 3.63) is 59.9 Å². The number of anilines is 2. The van der Waals surface area contributed by atoms with Crippen molar-refractivity contribution in [3.8, 4) is 17.0 Å². The van der Waals surface area contributed by atoms with E-state index in [9.17, 15) is 17.6 Å². The van der Waals surface area contributed by atoms with E-state index in [-0.39, 0.29) is 28.1 Å². The average Bonchev–Trinajstić information content (AvgIpc) is 3.65. The molecule has 1 saturated carbocycles. The third-order valence-electron chi connectivity index (χ3n) is 5.71. The van der Waals surface area contributed by atoms with E-state index in [4.69, 9.17) is 10.5 Å². The number of nitrogens with one attached hydrogen (secondary N) is 1. The fourth-order valence-corrected chi connectivity index (χ4v) is 4.66. The predicted octanol–water partition coefficient (Wildman–Crippen LogP) is 3.86. The molecule has 0 spiro atoms. The molecule has 4 rings (SSSR count). The van der Waals surface area contributed by atoms with E-state index in [1.54, 1.807) is 19.2 Å². The number of hydrogen-bond acceptors (Lipinski definition) is 8. The Bertz CT molecular complexity index is 1410. The summed E-state index contributed by atoms with van der Waals surface area (Å²) in [5.74, 6) is 0.0704. The van der Waals surface area contributed by atoms with Gasteiger partial charge in [-0.2, -0.15) is 8.42 Å². The van der Waals surface area contributed by atoms with E-state index in [0.717, 1.165) is 12.8 Å². The first-order valence-electron chi connectivity index (χ1n) is 12.0. The molecule has 1 aromatic carbocycles. The van der Waals surface area contributed by atoms with Gasteiger partial charge in [0, 0.05) is 25.2 Å². The summed E-state index contributed by atoms with van der Waals surface area (Å²) in [4.78, 5) is 23.4. The minimum absolute atomic E-state index is 0.0121. The number of nitrogens with zero attached hydrogens (tertiary/aromatic N) is 3. The molecule has 3 aromatic rings. The zero-order valence-electron chi connectivity index (χ0n) is 20.9. The van der Waals surface area contributed by atoms with Crippen molar-refractivity contribution in [2.24, 2.45) is 11.8 Å². The van der Waals surface area contributed by atoms with Gasteiger partial charge in [0.15, 0.2) is 5.03 Å². The first kappa shape index (κ1) is 26.3. The Morgan fingerprint density at radius 2 is 1.95 bits per heavy atom. The zero-order chi connectivity index (χ0) is 26.7. The fraction of sp³-hybridized carbons (Fsp3) is 0.346. The van der Waals surface area contributed by atoms with Gasteiger partial charge >= 0.3 is 0 Å². The Hall–Kier alpha value is -3.73. The van der Waals surface area contributed by atoms with Crippen LogP contribution in [0.2, 0.25) is 0 Å². The predicted molar refractivity (Wildman–Crippen MR) is 139 cm³/mol. The topological polar surface area (TPSA) is 128 Å². The summed E-state index contributed by atoms with van der Waals surface area (Å²) < 4.78 is 47.7. The summed E-state index contributed by atoms with van der Waals surface area (Å²) >= 11 is 0. The van der Waals surface area contributed by atoms with Gasteiger partial charge in [-0.15, -0.1) is 0 Å². The molecule has 0 saturated heterocycles. The van der Waals surface area contributed by atoms with Crippen LogP contribution in [0.25, 0.3) is 11.3 Å². The van der Waals surface area contributed by atoms with Gasteiger partial charge in [-0.05, 0) is 61.1 Å². The quantitative estimate of drug-likeness (QED) is 0.407. The highest BCUT2D eigenvalue weighted by molar-refractivity contribution is 7.90. The maximum atomic E-state index is 14.4. The highest BCUT2D eigenvalue weighted by atomic mass is 32.2. The number of rotatable bonds is 10. The van der Waals surface area contributed by atoms with Crippen LogP contribution in [0.1, 0.15) is 37.0 Å². The third-order valence-corrected chi connectivity index (χ3v) is 6.94. The van der Waals surface area contributed by atoms with E-state index < -0.39 is 21.7 Å². The first-order chi connectivity index (χ1) is 17.5. The number of nitrogen functional groups attached to an aromatic ring is 1. The van der Waals surface area contributed by atoms with Crippen LogP contribution in [0.15, 0.2) is 53.6 Å². The second-order valence-corrected chi connectivity index (χ2v) is 11.2. The molecule has 0 aliphatic heterocycles. The summed E-state index contributed by atoms with van der Waals surface area (Å²) in [6, 6.07) is 11.5. The number of amides is 1. The maximum absolute atomic E-state index is 14.4. The Labute approximate surface area is 215 Å². The lowest BCUT2D eigenvalue weighted by Gasteiger charge is -2.22. The number of aromatic nitrogens is 2. The van der Waals surface area contributed by atoms with Crippen LogP contribution >= 0.6 is 0 Å². The SMILES string of the molecule is CC(C)COc1cc(F)cc(-c2ccc(C(=O)NS(=O)(=O)c3cccc(N)n3)c(N(C)CC3CC3)n2)c1. The molecule has 1 amide bonds. The summed E-state index contributed by atoms with van der Waals surface area (Å²) in [5, 5.41) is -0.369. The largest absolute Gasteiger partial charge is 0.493 e. The standard InChI is InChI=1S/C26H30FN5O4S/c1-16(2)15-36-20-12-18(11-19(27)13-20)22-10-9-21(25(29-22)32(3)14-17-7-8-17)26(33)31-37(34,35)24-6-4-5-23(28)30-24/h4-6,9-13,16-17H,7-8,14-15H2,1-3H3,(H2,28,30)(H,31,33). The van der Waals surface area contributed by atoms with E-state index in [1.807, 2.05) is 18.7 Å². The van der Waals surface area contributed by atoms with Crippen LogP contribution in [-0.2, 0) is 10.0 Å². The Kier molecular flexibility index (Phi) is 7.63. The van der Waals surface area contributed by atoms with Crippen LogP contribution in [0.3, 0.4) is 0 Å². The van der Waals surface area contributed by atoms with Crippen molar-refractivity contribution in [3.63, 3.8) is 0 Å². The van der Waals surface area contributed by atoms with E-state index in [0.29, 0.717) is 36.1 Å². The van der Waals surface area contributed by atoms with E-state index in [2.05, 4.69) is 14.7 Å². The molecule has 2 aromatic heterocycles. The summed E-state index contributed by atoms with van der Waals surface area (Å²) in [6.07, 6.45) is 2.14. The van der Waals surface area contributed by atoms with Crippen molar-refractivity contribution in [2.45, 2.75) is 31.7 Å². The van der Waals surface area contributed by atoms with Crippen molar-refractivity contribution >= 4 is 27.6 Å². The van der Waals surface area contributed by atoms with Crippen LogP contribution in [0, 0.1) is 17.7 Å². The lowest BCUT2D eigenvalue weighted by atomic mass is 10.1. The van der Waals surface area contributed by atoms with Gasteiger partial charge in [0.2, 0.25) is 0 Å². The molecule has 2 heterocycles. The molecule has 0 atom stereocenters. The minimum atomic E-state index is -4.27. The van der Waals surface area contributed by atoms with Crippen molar-refractivity contribution in [1.29, 1.82) is 0 Å². The second-order valence-electron chi connectivity index (χ2n) is 9.61. The number of halogens is 1. The fourth-order valence-electron chi connectivity index (χ4n) is 3.72. The van der Waals surface area contributed by atoms with Gasteiger partial charge in [-0.1, -0.05) is 19.9 Å². The maximum Gasteiger partial charge on any atom is 0.281 e. The number of hydrogen-bond donors (Lipinski definition) is 2. The number of benzene rings is 1.